The number of phenols is 1. The minimum Gasteiger partial charge on any atom is -0.508 e. The van der Waals surface area contributed by atoms with E-state index in [0.29, 0.717) is 13.0 Å². The van der Waals surface area contributed by atoms with E-state index in [0.717, 1.165) is 22.4 Å². The van der Waals surface area contributed by atoms with Crippen LogP contribution in [0.25, 0.3) is 0 Å². The van der Waals surface area contributed by atoms with Crippen molar-refractivity contribution in [2.24, 2.45) is 5.10 Å². The van der Waals surface area contributed by atoms with E-state index in [9.17, 15) is 9.90 Å². The molecule has 0 aliphatic carbocycles. The van der Waals surface area contributed by atoms with Gasteiger partial charge in [0.15, 0.2) is 0 Å². The zero-order valence-corrected chi connectivity index (χ0v) is 17.8. The largest absolute Gasteiger partial charge is 0.508 e. The number of phenolic OH excluding ortho intramolecular Hbond substituents is 1. The summed E-state index contributed by atoms with van der Waals surface area (Å²) in [7, 11) is 0. The Morgan fingerprint density at radius 2 is 1.84 bits per heavy atom. The molecule has 164 valence electrons. The predicted molar refractivity (Wildman–Crippen MR) is 123 cm³/mol. The van der Waals surface area contributed by atoms with Crippen molar-refractivity contribution in [1.82, 2.24) is 16.3 Å². The van der Waals surface area contributed by atoms with E-state index in [4.69, 9.17) is 4.74 Å². The van der Waals surface area contributed by atoms with Gasteiger partial charge in [0, 0.05) is 5.56 Å². The van der Waals surface area contributed by atoms with Gasteiger partial charge in [0.2, 0.25) is 0 Å². The van der Waals surface area contributed by atoms with E-state index in [-0.39, 0.29) is 17.7 Å². The highest BCUT2D eigenvalue weighted by molar-refractivity contribution is 5.85. The molecule has 2 atom stereocenters. The van der Waals surface area contributed by atoms with Crippen LogP contribution in [-0.2, 0) is 11.4 Å². The Balaban J connectivity index is 1.34. The van der Waals surface area contributed by atoms with Crippen molar-refractivity contribution in [2.45, 2.75) is 32.0 Å². The number of hydrogen-bond donors (Lipinski definition) is 4. The fraction of sp³-hybridized carbons (Fsp3) is 0.200. The highest BCUT2D eigenvalue weighted by atomic mass is 16.5. The van der Waals surface area contributed by atoms with E-state index in [1.54, 1.807) is 24.3 Å². The molecule has 1 heterocycles. The van der Waals surface area contributed by atoms with Crippen molar-refractivity contribution < 1.29 is 14.6 Å². The number of benzene rings is 3. The zero-order chi connectivity index (χ0) is 22.3. The van der Waals surface area contributed by atoms with Gasteiger partial charge in [-0.25, -0.2) is 16.3 Å². The lowest BCUT2D eigenvalue weighted by Gasteiger charge is -2.16. The maximum absolute atomic E-state index is 12.5. The fourth-order valence-corrected chi connectivity index (χ4v) is 3.49. The first kappa shape index (κ1) is 21.5. The van der Waals surface area contributed by atoms with E-state index < -0.39 is 6.04 Å². The van der Waals surface area contributed by atoms with Gasteiger partial charge in [-0.05, 0) is 54.8 Å². The average Bonchev–Trinajstić information content (AvgIpc) is 3.30. The van der Waals surface area contributed by atoms with Gasteiger partial charge < -0.3 is 9.84 Å². The lowest BCUT2D eigenvalue weighted by atomic mass is 10.0. The van der Waals surface area contributed by atoms with Crippen molar-refractivity contribution in [3.05, 3.63) is 95.1 Å². The van der Waals surface area contributed by atoms with Crippen LogP contribution < -0.4 is 21.0 Å². The molecule has 0 saturated carbocycles. The Kier molecular flexibility index (Phi) is 6.79. The summed E-state index contributed by atoms with van der Waals surface area (Å²) in [6, 6.07) is 22.2. The van der Waals surface area contributed by atoms with Crippen LogP contribution in [0.4, 0.5) is 0 Å². The summed E-state index contributed by atoms with van der Waals surface area (Å²) in [4.78, 5) is 12.5. The third kappa shape index (κ3) is 5.51. The lowest BCUT2D eigenvalue weighted by molar-refractivity contribution is -0.122. The number of carbonyl (C=O) groups excluding carboxylic acids is 1. The van der Waals surface area contributed by atoms with Gasteiger partial charge in [0.1, 0.15) is 24.1 Å². The summed E-state index contributed by atoms with van der Waals surface area (Å²) in [5.74, 6) is 0.744. The van der Waals surface area contributed by atoms with Gasteiger partial charge in [-0.3, -0.25) is 4.79 Å². The number of nitrogens with one attached hydrogen (secondary N) is 3. The number of hydrogen-bond acceptors (Lipinski definition) is 6. The van der Waals surface area contributed by atoms with Gasteiger partial charge in [0.05, 0.1) is 12.3 Å². The van der Waals surface area contributed by atoms with Crippen LogP contribution >= 0.6 is 0 Å². The molecule has 0 bridgehead atoms. The maximum Gasteiger partial charge on any atom is 0.258 e. The number of carbonyl (C=O) groups is 1. The highest BCUT2D eigenvalue weighted by Crippen LogP contribution is 2.30. The molecule has 4 rings (SSSR count). The predicted octanol–water partition coefficient (Wildman–Crippen LogP) is 3.34. The van der Waals surface area contributed by atoms with E-state index in [1.807, 2.05) is 24.3 Å². The summed E-state index contributed by atoms with van der Waals surface area (Å²) < 4.78 is 6.08. The van der Waals surface area contributed by atoms with E-state index in [2.05, 4.69) is 52.6 Å². The molecule has 32 heavy (non-hydrogen) atoms. The normalized spacial score (nSPS) is 18.0. The van der Waals surface area contributed by atoms with Crippen LogP contribution in [0.2, 0.25) is 0 Å². The van der Waals surface area contributed by atoms with Gasteiger partial charge >= 0.3 is 0 Å². The fourth-order valence-electron chi connectivity index (χ4n) is 3.49. The second-order valence-corrected chi connectivity index (χ2v) is 7.77. The quantitative estimate of drug-likeness (QED) is 0.341. The maximum atomic E-state index is 12.5. The Hall–Kier alpha value is -3.68. The SMILES string of the molecule is Cc1ccc(COc2ccccc2C2CC(C(=O)N/N=C\c3ccc(O)cc3)NN2)cc1. The van der Waals surface area contributed by atoms with E-state index in [1.165, 1.54) is 11.8 Å². The number of ether oxygens (including phenoxy) is 1. The summed E-state index contributed by atoms with van der Waals surface area (Å²) in [6.45, 7) is 2.54. The molecule has 7 nitrogen and oxygen atoms in total. The van der Waals surface area contributed by atoms with Crippen LogP contribution in [0.3, 0.4) is 0 Å². The molecule has 1 aliphatic heterocycles. The number of para-hydroxylation sites is 1. The molecule has 1 aliphatic rings. The van der Waals surface area contributed by atoms with Crippen LogP contribution in [0.5, 0.6) is 11.5 Å². The molecule has 1 fully saturated rings. The van der Waals surface area contributed by atoms with Crippen LogP contribution in [-0.4, -0.2) is 23.3 Å². The molecule has 0 aromatic heterocycles. The number of rotatable bonds is 7. The zero-order valence-electron chi connectivity index (χ0n) is 17.8. The molecule has 3 aromatic carbocycles. The molecular formula is C25H26N4O3. The highest BCUT2D eigenvalue weighted by Gasteiger charge is 2.31. The summed E-state index contributed by atoms with van der Waals surface area (Å²) >= 11 is 0. The number of aryl methyl sites for hydroxylation is 1. The number of amides is 1. The first-order valence-electron chi connectivity index (χ1n) is 10.5. The smallest absolute Gasteiger partial charge is 0.258 e. The summed E-state index contributed by atoms with van der Waals surface area (Å²) in [5.41, 5.74) is 12.9. The molecule has 2 unspecified atom stereocenters. The van der Waals surface area contributed by atoms with Crippen molar-refractivity contribution in [3.8, 4) is 11.5 Å². The monoisotopic (exact) mass is 430 g/mol. The topological polar surface area (TPSA) is 95.0 Å². The second-order valence-electron chi connectivity index (χ2n) is 7.77. The summed E-state index contributed by atoms with van der Waals surface area (Å²) in [6.07, 6.45) is 2.09. The average molecular weight is 431 g/mol. The van der Waals surface area contributed by atoms with Crippen molar-refractivity contribution in [3.63, 3.8) is 0 Å². The van der Waals surface area contributed by atoms with Gasteiger partial charge in [-0.2, -0.15) is 5.10 Å². The van der Waals surface area contributed by atoms with Crippen molar-refractivity contribution >= 4 is 12.1 Å². The molecule has 7 heteroatoms. The third-order valence-corrected chi connectivity index (χ3v) is 5.31. The molecule has 1 amide bonds. The standard InChI is InChI=1S/C25H26N4O3/c1-17-6-8-19(9-7-17)16-32-24-5-3-2-4-21(24)22-14-23(28-27-22)25(31)29-26-15-18-10-12-20(30)13-11-18/h2-13,15,22-23,27-28,30H,14,16H2,1H3,(H,29,31)/b26-15-. The Morgan fingerprint density at radius 1 is 1.09 bits per heavy atom. The Labute approximate surface area is 187 Å². The number of hydrazine groups is 1. The van der Waals surface area contributed by atoms with Crippen LogP contribution in [0, 0.1) is 6.92 Å². The number of aromatic hydroxyl groups is 1. The molecule has 3 aromatic rings. The van der Waals surface area contributed by atoms with Gasteiger partial charge in [-0.15, -0.1) is 0 Å². The molecule has 0 spiro atoms. The third-order valence-electron chi connectivity index (χ3n) is 5.31. The lowest BCUT2D eigenvalue weighted by Crippen LogP contribution is -2.41. The van der Waals surface area contributed by atoms with Crippen LogP contribution in [0.15, 0.2) is 77.9 Å². The Morgan fingerprint density at radius 3 is 2.62 bits per heavy atom. The van der Waals surface area contributed by atoms with E-state index >= 15 is 0 Å². The first-order valence-corrected chi connectivity index (χ1v) is 10.5. The number of nitrogens with zero attached hydrogens (tertiary/aromatic N) is 1. The minimum atomic E-state index is -0.429. The molecule has 1 saturated heterocycles. The minimum absolute atomic E-state index is 0.0685. The van der Waals surface area contributed by atoms with Crippen LogP contribution in [0.1, 0.15) is 34.7 Å². The summed E-state index contributed by atoms with van der Waals surface area (Å²) in [5, 5.41) is 13.3. The molecule has 0 radical (unpaired) electrons. The Bertz CT molecular complexity index is 1080. The second kappa shape index (κ2) is 10.1. The van der Waals surface area contributed by atoms with Gasteiger partial charge in [0.25, 0.3) is 5.91 Å². The van der Waals surface area contributed by atoms with Crippen molar-refractivity contribution in [2.75, 3.05) is 0 Å². The first-order chi connectivity index (χ1) is 15.6. The number of hydrazone groups is 1. The molecular weight excluding hydrogens is 404 g/mol. The van der Waals surface area contributed by atoms with Gasteiger partial charge in [-0.1, -0.05) is 48.0 Å². The van der Waals surface area contributed by atoms with Crippen molar-refractivity contribution in [1.29, 1.82) is 0 Å². The molecule has 4 N–H and O–H groups in total.